The summed E-state index contributed by atoms with van der Waals surface area (Å²) in [4.78, 5) is 4.29. The second-order valence-corrected chi connectivity index (χ2v) is 4.65. The largest absolute Gasteiger partial charge is 0.490 e. The van der Waals surface area contributed by atoms with Gasteiger partial charge in [0.15, 0.2) is 0 Å². The molecule has 1 aromatic heterocycles. The first-order valence-corrected chi connectivity index (χ1v) is 5.89. The van der Waals surface area contributed by atoms with E-state index in [1.807, 2.05) is 24.3 Å². The van der Waals surface area contributed by atoms with Crippen LogP contribution in [-0.2, 0) is 0 Å². The van der Waals surface area contributed by atoms with E-state index in [1.54, 1.807) is 6.20 Å². The number of fused-ring (bicyclic) bond motifs is 1. The summed E-state index contributed by atoms with van der Waals surface area (Å²) < 4.78 is 5.95. The average molecular weight is 230 g/mol. The minimum Gasteiger partial charge on any atom is -0.490 e. The first-order chi connectivity index (χ1) is 8.08. The van der Waals surface area contributed by atoms with Gasteiger partial charge in [0.25, 0.3) is 0 Å². The lowest BCUT2D eigenvalue weighted by Crippen LogP contribution is -2.18. The Morgan fingerprint density at radius 2 is 1.94 bits per heavy atom. The smallest absolute Gasteiger partial charge is 0.130 e. The third-order valence-electron chi connectivity index (χ3n) is 2.98. The van der Waals surface area contributed by atoms with Gasteiger partial charge in [-0.2, -0.15) is 0 Å². The van der Waals surface area contributed by atoms with Gasteiger partial charge in [-0.05, 0) is 37.1 Å². The van der Waals surface area contributed by atoms with E-state index in [4.69, 9.17) is 10.5 Å². The Hall–Kier alpha value is -1.77. The molecule has 0 bridgehead atoms. The highest BCUT2D eigenvalue weighted by molar-refractivity contribution is 5.87. The van der Waals surface area contributed by atoms with Gasteiger partial charge in [-0.1, -0.05) is 13.8 Å². The molecular formula is C14H18N2O. The molecule has 0 spiro atoms. The van der Waals surface area contributed by atoms with Crippen LogP contribution in [0.2, 0.25) is 0 Å². The number of aromatic nitrogens is 1. The summed E-state index contributed by atoms with van der Waals surface area (Å²) in [5.41, 5.74) is 7.34. The summed E-state index contributed by atoms with van der Waals surface area (Å²) in [6, 6.07) is 7.59. The third kappa shape index (κ3) is 2.49. The molecule has 17 heavy (non-hydrogen) atoms. The molecule has 3 nitrogen and oxygen atoms in total. The Morgan fingerprint density at radius 1 is 1.18 bits per heavy atom. The number of hydrogen-bond acceptors (Lipinski definition) is 3. The fraction of sp³-hybridized carbons (Fsp3) is 0.357. The molecule has 2 N–H and O–H groups in total. The molecule has 0 fully saturated rings. The van der Waals surface area contributed by atoms with Crippen molar-refractivity contribution in [2.24, 2.45) is 5.92 Å². The number of benzene rings is 1. The fourth-order valence-electron chi connectivity index (χ4n) is 1.58. The second-order valence-electron chi connectivity index (χ2n) is 4.65. The van der Waals surface area contributed by atoms with Crippen LogP contribution in [0.5, 0.6) is 5.75 Å². The van der Waals surface area contributed by atoms with Crippen LogP contribution >= 0.6 is 0 Å². The molecule has 1 heterocycles. The number of nitrogens with zero attached hydrogens (tertiary/aromatic N) is 1. The number of ether oxygens (including phenoxy) is 1. The highest BCUT2D eigenvalue weighted by atomic mass is 16.5. The van der Waals surface area contributed by atoms with Crippen molar-refractivity contribution in [3.8, 4) is 5.75 Å². The second kappa shape index (κ2) is 4.62. The maximum absolute atomic E-state index is 5.95. The van der Waals surface area contributed by atoms with E-state index >= 15 is 0 Å². The van der Waals surface area contributed by atoms with E-state index in [-0.39, 0.29) is 6.10 Å². The molecular weight excluding hydrogens is 212 g/mol. The van der Waals surface area contributed by atoms with Gasteiger partial charge in [0, 0.05) is 17.3 Å². The summed E-state index contributed by atoms with van der Waals surface area (Å²) >= 11 is 0. The molecule has 0 amide bonds. The Labute approximate surface area is 102 Å². The Bertz CT molecular complexity index is 523. The lowest BCUT2D eigenvalue weighted by atomic mass is 10.1. The lowest BCUT2D eigenvalue weighted by molar-refractivity contribution is 0.172. The highest BCUT2D eigenvalue weighted by Crippen LogP contribution is 2.27. The van der Waals surface area contributed by atoms with Crippen LogP contribution in [-0.4, -0.2) is 11.1 Å². The number of nitrogen functional groups attached to an aromatic ring is 1. The van der Waals surface area contributed by atoms with Crippen LogP contribution < -0.4 is 10.5 Å². The van der Waals surface area contributed by atoms with Crippen molar-refractivity contribution in [3.05, 3.63) is 30.5 Å². The zero-order chi connectivity index (χ0) is 12.4. The lowest BCUT2D eigenvalue weighted by Gasteiger charge is -2.19. The number of nitrogens with two attached hydrogens (primary N) is 1. The zero-order valence-corrected chi connectivity index (χ0v) is 10.5. The van der Waals surface area contributed by atoms with Crippen molar-refractivity contribution in [2.75, 3.05) is 5.73 Å². The van der Waals surface area contributed by atoms with Crippen molar-refractivity contribution in [2.45, 2.75) is 26.9 Å². The number of hydrogen-bond donors (Lipinski definition) is 1. The monoisotopic (exact) mass is 230 g/mol. The summed E-state index contributed by atoms with van der Waals surface area (Å²) in [6.07, 6.45) is 1.93. The van der Waals surface area contributed by atoms with Crippen LogP contribution in [0.1, 0.15) is 20.8 Å². The molecule has 0 saturated heterocycles. The van der Waals surface area contributed by atoms with E-state index in [2.05, 4.69) is 25.8 Å². The summed E-state index contributed by atoms with van der Waals surface area (Å²) in [6.45, 7) is 6.37. The van der Waals surface area contributed by atoms with E-state index < -0.39 is 0 Å². The van der Waals surface area contributed by atoms with E-state index in [1.165, 1.54) is 0 Å². The molecule has 0 radical (unpaired) electrons. The summed E-state index contributed by atoms with van der Waals surface area (Å²) in [7, 11) is 0. The van der Waals surface area contributed by atoms with Crippen LogP contribution in [0.3, 0.4) is 0 Å². The van der Waals surface area contributed by atoms with Crippen LogP contribution in [0.25, 0.3) is 10.9 Å². The predicted octanol–water partition coefficient (Wildman–Crippen LogP) is 3.24. The van der Waals surface area contributed by atoms with Gasteiger partial charge in [0.1, 0.15) is 5.75 Å². The maximum Gasteiger partial charge on any atom is 0.130 e. The van der Waals surface area contributed by atoms with Gasteiger partial charge >= 0.3 is 0 Å². The zero-order valence-electron chi connectivity index (χ0n) is 10.5. The molecule has 1 aromatic carbocycles. The van der Waals surface area contributed by atoms with Crippen molar-refractivity contribution in [1.82, 2.24) is 4.98 Å². The van der Waals surface area contributed by atoms with Crippen molar-refractivity contribution in [1.29, 1.82) is 0 Å². The molecule has 1 unspecified atom stereocenters. The van der Waals surface area contributed by atoms with Gasteiger partial charge in [-0.3, -0.25) is 4.98 Å². The molecule has 3 heteroatoms. The minimum atomic E-state index is 0.179. The summed E-state index contributed by atoms with van der Waals surface area (Å²) in [5.74, 6) is 1.35. The molecule has 90 valence electrons. The topological polar surface area (TPSA) is 48.1 Å². The normalized spacial score (nSPS) is 12.9. The first-order valence-electron chi connectivity index (χ1n) is 5.89. The maximum atomic E-state index is 5.95. The molecule has 0 saturated carbocycles. The quantitative estimate of drug-likeness (QED) is 0.823. The summed E-state index contributed by atoms with van der Waals surface area (Å²) in [5, 5.41) is 1.01. The average Bonchev–Trinajstić information content (AvgIpc) is 2.28. The Morgan fingerprint density at radius 3 is 2.65 bits per heavy atom. The van der Waals surface area contributed by atoms with Gasteiger partial charge in [-0.15, -0.1) is 0 Å². The fourth-order valence-corrected chi connectivity index (χ4v) is 1.58. The molecule has 1 atom stereocenters. The van der Waals surface area contributed by atoms with Gasteiger partial charge < -0.3 is 10.5 Å². The first kappa shape index (κ1) is 11.7. The number of rotatable bonds is 3. The third-order valence-corrected chi connectivity index (χ3v) is 2.98. The molecule has 0 aliphatic heterocycles. The van der Waals surface area contributed by atoms with E-state index in [0.29, 0.717) is 5.92 Å². The van der Waals surface area contributed by atoms with Crippen molar-refractivity contribution < 1.29 is 4.74 Å². The van der Waals surface area contributed by atoms with Gasteiger partial charge in [0.05, 0.1) is 11.6 Å². The van der Waals surface area contributed by atoms with Crippen LogP contribution in [0.4, 0.5) is 5.69 Å². The van der Waals surface area contributed by atoms with Crippen LogP contribution in [0.15, 0.2) is 30.5 Å². The van der Waals surface area contributed by atoms with Crippen molar-refractivity contribution >= 4 is 16.6 Å². The molecule has 0 aliphatic rings. The van der Waals surface area contributed by atoms with E-state index in [9.17, 15) is 0 Å². The standard InChI is InChI=1S/C14H18N2O/c1-9(2)10(3)17-14-6-7-16-13-8-11(15)4-5-12(13)14/h4-10H,15H2,1-3H3. The molecule has 0 aliphatic carbocycles. The molecule has 2 aromatic rings. The predicted molar refractivity (Wildman–Crippen MR) is 71.1 cm³/mol. The highest BCUT2D eigenvalue weighted by Gasteiger charge is 2.11. The van der Waals surface area contributed by atoms with Crippen molar-refractivity contribution in [3.63, 3.8) is 0 Å². The number of pyridine rings is 1. The minimum absolute atomic E-state index is 0.179. The number of anilines is 1. The SMILES string of the molecule is CC(C)C(C)Oc1ccnc2cc(N)ccc12. The van der Waals surface area contributed by atoms with Gasteiger partial charge in [0.2, 0.25) is 0 Å². The van der Waals surface area contributed by atoms with Gasteiger partial charge in [-0.25, -0.2) is 0 Å². The Kier molecular flexibility index (Phi) is 3.18. The Balaban J connectivity index is 2.41. The molecule has 2 rings (SSSR count). The van der Waals surface area contributed by atoms with Crippen LogP contribution in [0, 0.1) is 5.92 Å². The van der Waals surface area contributed by atoms with E-state index in [0.717, 1.165) is 22.3 Å².